The molecule has 5 nitrogen and oxygen atoms in total. The van der Waals surface area contributed by atoms with E-state index in [1.165, 1.54) is 0 Å². The second-order valence-corrected chi connectivity index (χ2v) is 5.09. The van der Waals surface area contributed by atoms with Gasteiger partial charge in [-0.15, -0.1) is 0 Å². The van der Waals surface area contributed by atoms with Crippen LogP contribution in [-0.2, 0) is 0 Å². The summed E-state index contributed by atoms with van der Waals surface area (Å²) in [5.41, 5.74) is 6.76. The Bertz CT molecular complexity index is 610. The number of halogens is 1. The van der Waals surface area contributed by atoms with E-state index in [2.05, 4.69) is 26.2 Å². The SMILES string of the molecule is Cc1cnc(C(C)NC(=O)c2ccc(Br)c(N)c2)o1. The molecular formula is C13H14BrN3O2. The van der Waals surface area contributed by atoms with Gasteiger partial charge < -0.3 is 15.5 Å². The van der Waals surface area contributed by atoms with Crippen LogP contribution in [-0.4, -0.2) is 10.9 Å². The monoisotopic (exact) mass is 323 g/mol. The molecule has 2 aromatic rings. The molecule has 19 heavy (non-hydrogen) atoms. The van der Waals surface area contributed by atoms with Crippen LogP contribution in [0.25, 0.3) is 0 Å². The van der Waals surface area contributed by atoms with Crippen molar-refractivity contribution in [2.75, 3.05) is 5.73 Å². The van der Waals surface area contributed by atoms with E-state index < -0.39 is 0 Å². The summed E-state index contributed by atoms with van der Waals surface area (Å²) in [6, 6.07) is 4.76. The first-order valence-electron chi connectivity index (χ1n) is 5.75. The Morgan fingerprint density at radius 2 is 2.26 bits per heavy atom. The summed E-state index contributed by atoms with van der Waals surface area (Å²) < 4.78 is 6.13. The minimum Gasteiger partial charge on any atom is -0.444 e. The first-order chi connectivity index (χ1) is 8.97. The zero-order valence-corrected chi connectivity index (χ0v) is 12.2. The van der Waals surface area contributed by atoms with Gasteiger partial charge in [0.25, 0.3) is 5.91 Å². The van der Waals surface area contributed by atoms with E-state index in [9.17, 15) is 4.79 Å². The van der Waals surface area contributed by atoms with Gasteiger partial charge in [0.15, 0.2) is 0 Å². The number of hydrogen-bond acceptors (Lipinski definition) is 4. The number of carbonyl (C=O) groups is 1. The van der Waals surface area contributed by atoms with Gasteiger partial charge in [0.05, 0.1) is 6.20 Å². The number of aryl methyl sites for hydroxylation is 1. The van der Waals surface area contributed by atoms with Crippen LogP contribution in [0, 0.1) is 6.92 Å². The molecule has 0 saturated carbocycles. The highest BCUT2D eigenvalue weighted by Gasteiger charge is 2.15. The molecule has 1 aromatic heterocycles. The van der Waals surface area contributed by atoms with E-state index >= 15 is 0 Å². The van der Waals surface area contributed by atoms with E-state index in [1.807, 2.05) is 6.92 Å². The fourth-order valence-corrected chi connectivity index (χ4v) is 1.85. The normalized spacial score (nSPS) is 12.2. The molecule has 1 atom stereocenters. The quantitative estimate of drug-likeness (QED) is 0.851. The van der Waals surface area contributed by atoms with Crippen LogP contribution in [0.1, 0.15) is 35.0 Å². The molecule has 0 bridgehead atoms. The Morgan fingerprint density at radius 3 is 2.84 bits per heavy atom. The van der Waals surface area contributed by atoms with E-state index in [4.69, 9.17) is 10.2 Å². The number of oxazole rings is 1. The molecule has 0 fully saturated rings. The molecule has 0 aliphatic rings. The van der Waals surface area contributed by atoms with Crippen LogP contribution in [0.4, 0.5) is 5.69 Å². The fraction of sp³-hybridized carbons (Fsp3) is 0.231. The Labute approximate surface area is 119 Å². The van der Waals surface area contributed by atoms with Crippen LogP contribution >= 0.6 is 15.9 Å². The Balaban J connectivity index is 2.10. The average Bonchev–Trinajstić information content (AvgIpc) is 2.79. The van der Waals surface area contributed by atoms with E-state index in [0.717, 1.165) is 4.47 Å². The van der Waals surface area contributed by atoms with Crippen LogP contribution in [0.15, 0.2) is 33.3 Å². The summed E-state index contributed by atoms with van der Waals surface area (Å²) in [4.78, 5) is 16.1. The fourth-order valence-electron chi connectivity index (χ4n) is 1.60. The molecule has 1 amide bonds. The lowest BCUT2D eigenvalue weighted by Gasteiger charge is -2.11. The standard InChI is InChI=1S/C13H14BrN3O2/c1-7-6-16-13(19-7)8(2)17-12(18)9-3-4-10(14)11(15)5-9/h3-6,8H,15H2,1-2H3,(H,17,18). The van der Waals surface area contributed by atoms with Crippen molar-refractivity contribution in [2.24, 2.45) is 0 Å². The number of rotatable bonds is 3. The van der Waals surface area contributed by atoms with Gasteiger partial charge in [-0.05, 0) is 48.0 Å². The predicted molar refractivity (Wildman–Crippen MR) is 75.7 cm³/mol. The summed E-state index contributed by atoms with van der Waals surface area (Å²) in [7, 11) is 0. The maximum atomic E-state index is 12.0. The number of nitrogen functional groups attached to an aromatic ring is 1. The summed E-state index contributed by atoms with van der Waals surface area (Å²) in [6.45, 7) is 3.62. The molecule has 2 rings (SSSR count). The molecule has 0 spiro atoms. The van der Waals surface area contributed by atoms with Crippen molar-refractivity contribution in [2.45, 2.75) is 19.9 Å². The van der Waals surface area contributed by atoms with Crippen LogP contribution in [0.3, 0.4) is 0 Å². The largest absolute Gasteiger partial charge is 0.444 e. The maximum Gasteiger partial charge on any atom is 0.251 e. The zero-order chi connectivity index (χ0) is 14.0. The highest BCUT2D eigenvalue weighted by Crippen LogP contribution is 2.21. The molecule has 0 aliphatic carbocycles. The molecule has 100 valence electrons. The van der Waals surface area contributed by atoms with E-state index in [1.54, 1.807) is 31.3 Å². The van der Waals surface area contributed by atoms with Crippen LogP contribution in [0.2, 0.25) is 0 Å². The minimum atomic E-state index is -0.300. The second-order valence-electron chi connectivity index (χ2n) is 4.24. The molecule has 0 radical (unpaired) electrons. The number of aromatic nitrogens is 1. The summed E-state index contributed by atoms with van der Waals surface area (Å²) >= 11 is 3.29. The molecule has 1 aromatic carbocycles. The average molecular weight is 324 g/mol. The number of hydrogen-bond donors (Lipinski definition) is 2. The third kappa shape index (κ3) is 3.14. The lowest BCUT2D eigenvalue weighted by Crippen LogP contribution is -2.26. The van der Waals surface area contributed by atoms with Crippen molar-refractivity contribution in [1.82, 2.24) is 10.3 Å². The van der Waals surface area contributed by atoms with E-state index in [-0.39, 0.29) is 11.9 Å². The summed E-state index contributed by atoms with van der Waals surface area (Å²) in [6.07, 6.45) is 1.62. The topological polar surface area (TPSA) is 81.2 Å². The van der Waals surface area contributed by atoms with Crippen LogP contribution in [0.5, 0.6) is 0 Å². The van der Waals surface area contributed by atoms with Gasteiger partial charge in [0.1, 0.15) is 11.8 Å². The first kappa shape index (κ1) is 13.6. The number of nitrogens with zero attached hydrogens (tertiary/aromatic N) is 1. The molecule has 0 aliphatic heterocycles. The van der Waals surface area contributed by atoms with Crippen molar-refractivity contribution in [1.29, 1.82) is 0 Å². The highest BCUT2D eigenvalue weighted by atomic mass is 79.9. The molecule has 6 heteroatoms. The Hall–Kier alpha value is -1.82. The van der Waals surface area contributed by atoms with Crippen molar-refractivity contribution in [3.05, 3.63) is 46.1 Å². The van der Waals surface area contributed by atoms with E-state index in [0.29, 0.717) is 22.9 Å². The summed E-state index contributed by atoms with van der Waals surface area (Å²) in [5, 5.41) is 2.81. The predicted octanol–water partition coefficient (Wildman–Crippen LogP) is 2.82. The zero-order valence-electron chi connectivity index (χ0n) is 10.6. The van der Waals surface area contributed by atoms with Gasteiger partial charge in [0.2, 0.25) is 5.89 Å². The van der Waals surface area contributed by atoms with Crippen molar-refractivity contribution >= 4 is 27.5 Å². The van der Waals surface area contributed by atoms with Gasteiger partial charge >= 0.3 is 0 Å². The van der Waals surface area contributed by atoms with Gasteiger partial charge in [-0.1, -0.05) is 0 Å². The van der Waals surface area contributed by atoms with Crippen LogP contribution < -0.4 is 11.1 Å². The summed E-state index contributed by atoms with van der Waals surface area (Å²) in [5.74, 6) is 0.975. The van der Waals surface area contributed by atoms with Crippen molar-refractivity contribution in [3.63, 3.8) is 0 Å². The third-order valence-corrected chi connectivity index (χ3v) is 3.34. The van der Waals surface area contributed by atoms with Gasteiger partial charge in [-0.25, -0.2) is 4.98 Å². The Morgan fingerprint density at radius 1 is 1.53 bits per heavy atom. The minimum absolute atomic E-state index is 0.220. The first-order valence-corrected chi connectivity index (χ1v) is 6.55. The number of nitrogens with one attached hydrogen (secondary N) is 1. The maximum absolute atomic E-state index is 12.0. The van der Waals surface area contributed by atoms with Gasteiger partial charge in [-0.2, -0.15) is 0 Å². The number of nitrogens with two attached hydrogens (primary N) is 1. The van der Waals surface area contributed by atoms with Crippen molar-refractivity contribution in [3.8, 4) is 0 Å². The molecule has 1 heterocycles. The number of amides is 1. The Kier molecular flexibility index (Phi) is 3.90. The third-order valence-electron chi connectivity index (χ3n) is 2.62. The number of carbonyl (C=O) groups excluding carboxylic acids is 1. The van der Waals surface area contributed by atoms with Gasteiger partial charge in [-0.3, -0.25) is 4.79 Å². The number of benzene rings is 1. The molecule has 3 N–H and O–H groups in total. The number of anilines is 1. The lowest BCUT2D eigenvalue weighted by atomic mass is 10.2. The smallest absolute Gasteiger partial charge is 0.251 e. The van der Waals surface area contributed by atoms with Gasteiger partial charge in [0, 0.05) is 15.7 Å². The lowest BCUT2D eigenvalue weighted by molar-refractivity contribution is 0.0934. The molecule has 0 saturated heterocycles. The highest BCUT2D eigenvalue weighted by molar-refractivity contribution is 9.10. The van der Waals surface area contributed by atoms with Crippen molar-refractivity contribution < 1.29 is 9.21 Å². The second kappa shape index (κ2) is 5.44. The molecular weight excluding hydrogens is 310 g/mol. The molecule has 1 unspecified atom stereocenters.